The van der Waals surface area contributed by atoms with Gasteiger partial charge in [0.15, 0.2) is 0 Å². The van der Waals surface area contributed by atoms with Crippen LogP contribution in [0.2, 0.25) is 0 Å². The molecule has 2 aromatic rings. The minimum atomic E-state index is -0.446. The van der Waals surface area contributed by atoms with Gasteiger partial charge in [-0.25, -0.2) is 8.78 Å². The second-order valence-corrected chi connectivity index (χ2v) is 5.99. The molecule has 0 aromatic heterocycles. The maximum Gasteiger partial charge on any atom is 0.137 e. The summed E-state index contributed by atoms with van der Waals surface area (Å²) in [5, 5.41) is 0. The van der Waals surface area contributed by atoms with E-state index in [1.165, 1.54) is 12.1 Å². The fourth-order valence-corrected chi connectivity index (χ4v) is 2.36. The average molecular weight is 391 g/mol. The Morgan fingerprint density at radius 1 is 1.00 bits per heavy atom. The lowest BCUT2D eigenvalue weighted by molar-refractivity contribution is 0.587. The Bertz CT molecular complexity index is 602. The van der Waals surface area contributed by atoms with E-state index < -0.39 is 6.04 Å². The lowest BCUT2D eigenvalue weighted by Gasteiger charge is -2.13. The highest BCUT2D eigenvalue weighted by Crippen LogP contribution is 2.24. The summed E-state index contributed by atoms with van der Waals surface area (Å²) in [6.45, 7) is 0. The van der Waals surface area contributed by atoms with Gasteiger partial charge in [0.05, 0.1) is 4.47 Å². The molecular weight excluding hydrogens is 380 g/mol. The molecule has 0 amide bonds. The van der Waals surface area contributed by atoms with Crippen LogP contribution >= 0.6 is 31.9 Å². The Balaban J connectivity index is 2.20. The highest BCUT2D eigenvalue weighted by atomic mass is 79.9. The van der Waals surface area contributed by atoms with Gasteiger partial charge in [0.25, 0.3) is 0 Å². The van der Waals surface area contributed by atoms with E-state index >= 15 is 0 Å². The van der Waals surface area contributed by atoms with Crippen molar-refractivity contribution in [3.63, 3.8) is 0 Å². The van der Waals surface area contributed by atoms with Gasteiger partial charge in [-0.1, -0.05) is 28.1 Å². The summed E-state index contributed by atoms with van der Waals surface area (Å²) in [6, 6.07) is 9.08. The molecule has 0 aliphatic rings. The Hall–Kier alpha value is -0.780. The van der Waals surface area contributed by atoms with Crippen LogP contribution in [0.3, 0.4) is 0 Å². The molecular formula is C14H11Br2F2N. The Morgan fingerprint density at radius 2 is 1.74 bits per heavy atom. The second-order valence-electron chi connectivity index (χ2n) is 4.22. The van der Waals surface area contributed by atoms with Crippen LogP contribution in [0, 0.1) is 11.6 Å². The van der Waals surface area contributed by atoms with E-state index in [4.69, 9.17) is 5.73 Å². The van der Waals surface area contributed by atoms with Crippen molar-refractivity contribution in [2.24, 2.45) is 5.73 Å². The van der Waals surface area contributed by atoms with Gasteiger partial charge in [-0.05, 0) is 57.7 Å². The fraction of sp³-hybridized carbons (Fsp3) is 0.143. The van der Waals surface area contributed by atoms with Gasteiger partial charge >= 0.3 is 0 Å². The lowest BCUT2D eigenvalue weighted by atomic mass is 9.99. The molecule has 0 saturated carbocycles. The predicted octanol–water partition coefficient (Wildman–Crippen LogP) is 4.73. The topological polar surface area (TPSA) is 26.0 Å². The normalized spacial score (nSPS) is 12.5. The molecule has 0 saturated heterocycles. The number of hydrogen-bond acceptors (Lipinski definition) is 1. The van der Waals surface area contributed by atoms with E-state index in [0.29, 0.717) is 26.5 Å². The Labute approximate surface area is 127 Å². The second kappa shape index (κ2) is 6.11. The smallest absolute Gasteiger partial charge is 0.137 e. The lowest BCUT2D eigenvalue weighted by Crippen LogP contribution is -2.14. The molecule has 100 valence electrons. The zero-order chi connectivity index (χ0) is 14.0. The van der Waals surface area contributed by atoms with Crippen LogP contribution in [0.15, 0.2) is 45.3 Å². The van der Waals surface area contributed by atoms with Crippen LogP contribution in [-0.2, 0) is 6.42 Å². The molecule has 2 aromatic carbocycles. The third-order valence-electron chi connectivity index (χ3n) is 2.83. The highest BCUT2D eigenvalue weighted by Gasteiger charge is 2.12. The molecule has 0 bridgehead atoms. The summed E-state index contributed by atoms with van der Waals surface area (Å²) in [5.74, 6) is -0.688. The standard InChI is InChI=1S/C14H11Br2F2N/c15-10-3-1-8(12(17)7-10)6-14(19)9-2-4-11(16)13(18)5-9/h1-5,7,14H,6,19H2. The zero-order valence-corrected chi connectivity index (χ0v) is 13.0. The third kappa shape index (κ3) is 3.61. The quantitative estimate of drug-likeness (QED) is 0.805. The predicted molar refractivity (Wildman–Crippen MR) is 78.8 cm³/mol. The molecule has 1 nitrogen and oxygen atoms in total. The van der Waals surface area contributed by atoms with Crippen molar-refractivity contribution in [1.29, 1.82) is 0 Å². The van der Waals surface area contributed by atoms with E-state index in [-0.39, 0.29) is 11.6 Å². The summed E-state index contributed by atoms with van der Waals surface area (Å²) in [7, 11) is 0. The van der Waals surface area contributed by atoms with Crippen molar-refractivity contribution < 1.29 is 8.78 Å². The minimum Gasteiger partial charge on any atom is -0.324 e. The van der Waals surface area contributed by atoms with Crippen LogP contribution in [0.5, 0.6) is 0 Å². The van der Waals surface area contributed by atoms with Gasteiger partial charge in [-0.3, -0.25) is 0 Å². The van der Waals surface area contributed by atoms with Gasteiger partial charge in [-0.2, -0.15) is 0 Å². The van der Waals surface area contributed by atoms with Crippen molar-refractivity contribution in [3.8, 4) is 0 Å². The first-order valence-electron chi connectivity index (χ1n) is 5.62. The highest BCUT2D eigenvalue weighted by molar-refractivity contribution is 9.10. The molecule has 1 unspecified atom stereocenters. The van der Waals surface area contributed by atoms with Crippen molar-refractivity contribution in [2.75, 3.05) is 0 Å². The maximum atomic E-state index is 13.7. The summed E-state index contributed by atoms with van der Waals surface area (Å²) in [4.78, 5) is 0. The SMILES string of the molecule is NC(Cc1ccc(Br)cc1F)c1ccc(Br)c(F)c1. The zero-order valence-electron chi connectivity index (χ0n) is 9.84. The minimum absolute atomic E-state index is 0.317. The van der Waals surface area contributed by atoms with Gasteiger partial charge in [-0.15, -0.1) is 0 Å². The number of benzene rings is 2. The Kier molecular flexibility index (Phi) is 4.71. The summed E-state index contributed by atoms with van der Waals surface area (Å²) >= 11 is 6.28. The number of halogens is 4. The summed E-state index contributed by atoms with van der Waals surface area (Å²) < 4.78 is 28.2. The molecule has 5 heteroatoms. The van der Waals surface area contributed by atoms with Crippen molar-refractivity contribution in [3.05, 3.63) is 68.1 Å². The van der Waals surface area contributed by atoms with E-state index in [9.17, 15) is 8.78 Å². The number of rotatable bonds is 3. The molecule has 0 radical (unpaired) electrons. The molecule has 2 rings (SSSR count). The van der Waals surface area contributed by atoms with E-state index in [1.807, 2.05) is 0 Å². The fourth-order valence-electron chi connectivity index (χ4n) is 1.79. The van der Waals surface area contributed by atoms with Crippen LogP contribution in [-0.4, -0.2) is 0 Å². The molecule has 1 atom stereocenters. The number of hydrogen-bond donors (Lipinski definition) is 1. The molecule has 2 N–H and O–H groups in total. The molecule has 0 aliphatic carbocycles. The average Bonchev–Trinajstić information content (AvgIpc) is 2.36. The third-order valence-corrected chi connectivity index (χ3v) is 3.96. The van der Waals surface area contributed by atoms with Crippen LogP contribution in [0.25, 0.3) is 0 Å². The largest absolute Gasteiger partial charge is 0.324 e. The van der Waals surface area contributed by atoms with Gasteiger partial charge < -0.3 is 5.73 Å². The van der Waals surface area contributed by atoms with E-state index in [1.54, 1.807) is 24.3 Å². The monoisotopic (exact) mass is 389 g/mol. The van der Waals surface area contributed by atoms with Gasteiger partial charge in [0.1, 0.15) is 11.6 Å². The summed E-state index contributed by atoms with van der Waals surface area (Å²) in [6.07, 6.45) is 0.320. The van der Waals surface area contributed by atoms with Gasteiger partial charge in [0, 0.05) is 10.5 Å². The molecule has 19 heavy (non-hydrogen) atoms. The molecule has 0 heterocycles. The number of nitrogens with two attached hydrogens (primary N) is 1. The first kappa shape index (κ1) is 14.6. The molecule has 0 aliphatic heterocycles. The summed E-state index contributed by atoms with van der Waals surface area (Å²) in [5.41, 5.74) is 7.15. The maximum absolute atomic E-state index is 13.7. The van der Waals surface area contributed by atoms with Gasteiger partial charge in [0.2, 0.25) is 0 Å². The van der Waals surface area contributed by atoms with Crippen LogP contribution < -0.4 is 5.73 Å². The van der Waals surface area contributed by atoms with Crippen LogP contribution in [0.1, 0.15) is 17.2 Å². The molecule has 0 spiro atoms. The van der Waals surface area contributed by atoms with Crippen molar-refractivity contribution in [2.45, 2.75) is 12.5 Å². The van der Waals surface area contributed by atoms with Crippen molar-refractivity contribution in [1.82, 2.24) is 0 Å². The Morgan fingerprint density at radius 3 is 2.37 bits per heavy atom. The van der Waals surface area contributed by atoms with Crippen molar-refractivity contribution >= 4 is 31.9 Å². The first-order chi connectivity index (χ1) is 8.97. The first-order valence-corrected chi connectivity index (χ1v) is 7.20. The van der Waals surface area contributed by atoms with E-state index in [0.717, 1.165) is 0 Å². The van der Waals surface area contributed by atoms with E-state index in [2.05, 4.69) is 31.9 Å². The van der Waals surface area contributed by atoms with Crippen LogP contribution in [0.4, 0.5) is 8.78 Å². The molecule has 0 fully saturated rings.